The van der Waals surface area contributed by atoms with Crippen LogP contribution in [0.5, 0.6) is 5.75 Å². The molecular weight excluding hydrogens is 266 g/mol. The predicted molar refractivity (Wildman–Crippen MR) is 78.5 cm³/mol. The van der Waals surface area contributed by atoms with E-state index in [2.05, 4.69) is 20.5 Å². The Morgan fingerprint density at radius 1 is 1.10 bits per heavy atom. The van der Waals surface area contributed by atoms with E-state index in [0.29, 0.717) is 12.4 Å². The van der Waals surface area contributed by atoms with Crippen LogP contribution in [0.25, 0.3) is 0 Å². The molecule has 0 atom stereocenters. The Bertz CT molecular complexity index is 694. The summed E-state index contributed by atoms with van der Waals surface area (Å²) in [7, 11) is 3.82. The third kappa shape index (κ3) is 2.95. The predicted octanol–water partition coefficient (Wildman–Crippen LogP) is 2.78. The number of ether oxygens (including phenoxy) is 1. The second-order valence-corrected chi connectivity index (χ2v) is 5.18. The van der Waals surface area contributed by atoms with Gasteiger partial charge in [0.05, 0.1) is 17.0 Å². The molecule has 1 aromatic heterocycles. The van der Waals surface area contributed by atoms with E-state index in [-0.39, 0.29) is 4.59 Å². The number of hydrogen-bond acceptors (Lipinski definition) is 5. The van der Waals surface area contributed by atoms with Crippen molar-refractivity contribution in [1.82, 2.24) is 4.98 Å². The van der Waals surface area contributed by atoms with E-state index in [0.717, 1.165) is 17.0 Å². The Morgan fingerprint density at radius 3 is 2.62 bits per heavy atom. The molecule has 0 amide bonds. The van der Waals surface area contributed by atoms with Gasteiger partial charge in [0.2, 0.25) is 0 Å². The topological polar surface area (TPSA) is 59.2 Å². The molecule has 1 aliphatic rings. The number of rotatable bonds is 4. The van der Waals surface area contributed by atoms with Crippen LogP contribution in [0.4, 0.5) is 0 Å². The molecule has 0 saturated carbocycles. The van der Waals surface area contributed by atoms with Gasteiger partial charge in [0.15, 0.2) is 0 Å². The second kappa shape index (κ2) is 5.41. The maximum absolute atomic E-state index is 5.77. The SMILES string of the molecule is C[N+]1(C)N=NN=C1c1cncc(OCc2ccccc2)c1. The number of nitrogens with zero attached hydrogens (tertiary/aromatic N) is 5. The third-order valence-corrected chi connectivity index (χ3v) is 3.14. The summed E-state index contributed by atoms with van der Waals surface area (Å²) in [6, 6.07) is 11.9. The zero-order valence-corrected chi connectivity index (χ0v) is 12.0. The summed E-state index contributed by atoms with van der Waals surface area (Å²) >= 11 is 0. The largest absolute Gasteiger partial charge is 0.487 e. The first-order valence-electron chi connectivity index (χ1n) is 6.62. The van der Waals surface area contributed by atoms with Crippen molar-refractivity contribution in [3.05, 3.63) is 59.9 Å². The zero-order valence-electron chi connectivity index (χ0n) is 12.0. The average Bonchev–Trinajstić information content (AvgIpc) is 2.86. The highest BCUT2D eigenvalue weighted by atomic mass is 16.5. The van der Waals surface area contributed by atoms with E-state index in [1.54, 1.807) is 12.4 Å². The van der Waals surface area contributed by atoms with Gasteiger partial charge < -0.3 is 4.74 Å². The maximum Gasteiger partial charge on any atom is 0.285 e. The van der Waals surface area contributed by atoms with Crippen molar-refractivity contribution >= 4 is 5.84 Å². The van der Waals surface area contributed by atoms with Crippen molar-refractivity contribution in [2.24, 2.45) is 15.5 Å². The second-order valence-electron chi connectivity index (χ2n) is 5.18. The van der Waals surface area contributed by atoms with Crippen LogP contribution in [0.1, 0.15) is 11.1 Å². The highest BCUT2D eigenvalue weighted by Gasteiger charge is 2.31. The number of amidine groups is 1. The molecule has 6 heteroatoms. The molecule has 0 radical (unpaired) electrons. The van der Waals surface area contributed by atoms with Crippen molar-refractivity contribution in [1.29, 1.82) is 0 Å². The number of pyridine rings is 1. The number of hydrogen-bond donors (Lipinski definition) is 0. The number of aromatic nitrogens is 1. The molecule has 3 rings (SSSR count). The smallest absolute Gasteiger partial charge is 0.285 e. The number of benzene rings is 1. The average molecular weight is 282 g/mol. The Kier molecular flexibility index (Phi) is 3.45. The minimum absolute atomic E-state index is 0.254. The van der Waals surface area contributed by atoms with Crippen LogP contribution in [0.15, 0.2) is 64.3 Å². The fraction of sp³-hybridized carbons (Fsp3) is 0.200. The standard InChI is InChI=1S/C15H16N5O/c1-20(2)15(17-18-19-20)13-8-14(10-16-9-13)21-11-12-6-4-3-5-7-12/h3-10H,11H2,1-2H3/q+1. The molecule has 1 aliphatic heterocycles. The molecule has 0 aliphatic carbocycles. The van der Waals surface area contributed by atoms with Crippen molar-refractivity contribution in [3.8, 4) is 5.75 Å². The monoisotopic (exact) mass is 282 g/mol. The van der Waals surface area contributed by atoms with Crippen molar-refractivity contribution < 1.29 is 9.33 Å². The van der Waals surface area contributed by atoms with Gasteiger partial charge in [0, 0.05) is 11.4 Å². The molecule has 6 nitrogen and oxygen atoms in total. The summed E-state index contributed by atoms with van der Waals surface area (Å²) in [5.41, 5.74) is 1.97. The third-order valence-electron chi connectivity index (χ3n) is 3.14. The Hall–Kier alpha value is -2.60. The molecule has 1 aromatic carbocycles. The van der Waals surface area contributed by atoms with Gasteiger partial charge in [-0.1, -0.05) is 35.4 Å². The molecule has 0 saturated heterocycles. The summed E-state index contributed by atoms with van der Waals surface area (Å²) in [4.78, 5) is 4.21. The van der Waals surface area contributed by atoms with Crippen LogP contribution in [0, 0.1) is 0 Å². The molecule has 21 heavy (non-hydrogen) atoms. The minimum Gasteiger partial charge on any atom is -0.487 e. The van der Waals surface area contributed by atoms with Crippen molar-refractivity contribution in [3.63, 3.8) is 0 Å². The Labute approximate surface area is 123 Å². The van der Waals surface area contributed by atoms with Gasteiger partial charge in [0.1, 0.15) is 26.5 Å². The molecule has 2 heterocycles. The van der Waals surface area contributed by atoms with E-state index in [1.807, 2.05) is 50.5 Å². The van der Waals surface area contributed by atoms with Crippen LogP contribution in [0.2, 0.25) is 0 Å². The van der Waals surface area contributed by atoms with E-state index < -0.39 is 0 Å². The lowest BCUT2D eigenvalue weighted by Gasteiger charge is -2.16. The normalized spacial score (nSPS) is 15.8. The molecule has 0 bridgehead atoms. The first-order valence-corrected chi connectivity index (χ1v) is 6.62. The summed E-state index contributed by atoms with van der Waals surface area (Å²) < 4.78 is 6.03. The lowest BCUT2D eigenvalue weighted by atomic mass is 10.2. The molecule has 2 aromatic rings. The molecule has 0 N–H and O–H groups in total. The van der Waals surface area contributed by atoms with E-state index in [9.17, 15) is 0 Å². The fourth-order valence-corrected chi connectivity index (χ4v) is 2.05. The lowest BCUT2D eigenvalue weighted by Crippen LogP contribution is -2.38. The summed E-state index contributed by atoms with van der Waals surface area (Å²) in [5, 5.41) is 11.8. The Balaban J connectivity index is 1.75. The zero-order chi connectivity index (χ0) is 14.7. The van der Waals surface area contributed by atoms with Crippen LogP contribution < -0.4 is 4.74 Å². The highest BCUT2D eigenvalue weighted by molar-refractivity contribution is 5.93. The highest BCUT2D eigenvalue weighted by Crippen LogP contribution is 2.20. The fourth-order valence-electron chi connectivity index (χ4n) is 2.05. The van der Waals surface area contributed by atoms with E-state index >= 15 is 0 Å². The van der Waals surface area contributed by atoms with E-state index in [4.69, 9.17) is 4.74 Å². The van der Waals surface area contributed by atoms with Crippen LogP contribution >= 0.6 is 0 Å². The summed E-state index contributed by atoms with van der Waals surface area (Å²) in [6.45, 7) is 0.505. The van der Waals surface area contributed by atoms with Crippen molar-refractivity contribution in [2.45, 2.75) is 6.61 Å². The first-order chi connectivity index (χ1) is 10.1. The van der Waals surface area contributed by atoms with Gasteiger partial charge in [-0.2, -0.15) is 0 Å². The van der Waals surface area contributed by atoms with Gasteiger partial charge in [-0.05, 0) is 11.6 Å². The lowest BCUT2D eigenvalue weighted by molar-refractivity contribution is -0.806. The molecule has 0 unspecified atom stereocenters. The van der Waals surface area contributed by atoms with Crippen LogP contribution in [-0.2, 0) is 6.61 Å². The van der Waals surface area contributed by atoms with E-state index in [1.165, 1.54) is 0 Å². The van der Waals surface area contributed by atoms with Gasteiger partial charge in [-0.3, -0.25) is 4.98 Å². The van der Waals surface area contributed by atoms with Crippen molar-refractivity contribution in [2.75, 3.05) is 14.1 Å². The molecule has 0 spiro atoms. The number of quaternary nitrogens is 1. The molecule has 0 fully saturated rings. The first kappa shape index (κ1) is 13.4. The summed E-state index contributed by atoms with van der Waals surface area (Å²) in [6.07, 6.45) is 3.43. The molecule has 106 valence electrons. The quantitative estimate of drug-likeness (QED) is 0.810. The van der Waals surface area contributed by atoms with Gasteiger partial charge >= 0.3 is 0 Å². The van der Waals surface area contributed by atoms with Crippen LogP contribution in [0.3, 0.4) is 0 Å². The molecular formula is C15H16N5O+. The maximum atomic E-state index is 5.77. The van der Waals surface area contributed by atoms with Crippen LogP contribution in [-0.4, -0.2) is 29.5 Å². The van der Waals surface area contributed by atoms with Gasteiger partial charge in [-0.25, -0.2) is 0 Å². The minimum atomic E-state index is 0.254. The van der Waals surface area contributed by atoms with Gasteiger partial charge in [0.25, 0.3) is 5.84 Å². The Morgan fingerprint density at radius 2 is 1.90 bits per heavy atom. The van der Waals surface area contributed by atoms with Gasteiger partial charge in [-0.15, -0.1) is 4.59 Å². The summed E-state index contributed by atoms with van der Waals surface area (Å²) in [5.74, 6) is 1.44.